The maximum absolute atomic E-state index is 3.80. The van der Waals surface area contributed by atoms with Crippen LogP contribution < -0.4 is 5.30 Å². The molecule has 0 amide bonds. The molecule has 0 heterocycles. The third kappa shape index (κ3) is 4.15. The van der Waals surface area contributed by atoms with Gasteiger partial charge in [-0.05, 0) is 66.2 Å². The van der Waals surface area contributed by atoms with E-state index in [0.717, 1.165) is 5.92 Å². The van der Waals surface area contributed by atoms with Crippen LogP contribution in [0.15, 0.2) is 60.0 Å². The minimum absolute atomic E-state index is 0.701. The third-order valence-electron chi connectivity index (χ3n) is 4.54. The lowest BCUT2D eigenvalue weighted by atomic mass is 9.75. The van der Waals surface area contributed by atoms with Crippen LogP contribution in [0, 0.1) is 5.92 Å². The number of rotatable bonds is 4. The van der Waals surface area contributed by atoms with Gasteiger partial charge in [-0.1, -0.05) is 49.1 Å². The van der Waals surface area contributed by atoms with Gasteiger partial charge in [0, 0.05) is 0 Å². The highest BCUT2D eigenvalue weighted by molar-refractivity contribution is 7.27. The molecule has 0 bridgehead atoms. The molecule has 1 fully saturated rings. The van der Waals surface area contributed by atoms with Gasteiger partial charge in [0.1, 0.15) is 0 Å². The van der Waals surface area contributed by atoms with E-state index in [9.17, 15) is 0 Å². The van der Waals surface area contributed by atoms with E-state index in [-0.39, 0.29) is 0 Å². The lowest BCUT2D eigenvalue weighted by Gasteiger charge is -2.31. The van der Waals surface area contributed by atoms with Crippen LogP contribution in [0.2, 0.25) is 0 Å². The van der Waals surface area contributed by atoms with Gasteiger partial charge in [-0.15, -0.1) is 18.5 Å². The molecule has 2 rings (SSSR count). The summed E-state index contributed by atoms with van der Waals surface area (Å²) in [5.41, 5.74) is 3.01. The van der Waals surface area contributed by atoms with E-state index in [1.807, 2.05) is 6.08 Å². The molecule has 1 saturated carbocycles. The molecule has 1 aromatic rings. The zero-order chi connectivity index (χ0) is 15.2. The molecular weight excluding hydrogens is 290 g/mol. The smallest absolute Gasteiger partial charge is 0.0155 e. The second-order valence-corrected chi connectivity index (χ2v) is 7.02. The Labute approximate surface area is 134 Å². The van der Waals surface area contributed by atoms with Crippen molar-refractivity contribution in [2.75, 3.05) is 0 Å². The van der Waals surface area contributed by atoms with Crippen molar-refractivity contribution in [2.24, 2.45) is 5.92 Å². The highest BCUT2D eigenvalue weighted by atomic mass is 31.0. The van der Waals surface area contributed by atoms with Crippen molar-refractivity contribution < 1.29 is 0 Å². The molecule has 0 saturated heterocycles. The molecule has 2 heteroatoms. The molecule has 21 heavy (non-hydrogen) atoms. The summed E-state index contributed by atoms with van der Waals surface area (Å²) in [6.45, 7) is 5.96. The van der Waals surface area contributed by atoms with Crippen molar-refractivity contribution >= 4 is 23.8 Å². The topological polar surface area (TPSA) is 0 Å². The Bertz CT molecular complexity index is 546. The molecule has 1 aromatic carbocycles. The van der Waals surface area contributed by atoms with Crippen LogP contribution in [0.3, 0.4) is 0 Å². The van der Waals surface area contributed by atoms with E-state index in [1.165, 1.54) is 47.4 Å². The second kappa shape index (κ2) is 8.07. The first-order valence-electron chi connectivity index (χ1n) is 7.76. The van der Waals surface area contributed by atoms with Gasteiger partial charge in [0.25, 0.3) is 0 Å². The van der Waals surface area contributed by atoms with E-state index in [0.29, 0.717) is 5.92 Å². The first-order chi connectivity index (χ1) is 10.2. The summed E-state index contributed by atoms with van der Waals surface area (Å²) in [5.74, 6) is 1.43. The first-order valence-corrected chi connectivity index (χ1v) is 8.92. The van der Waals surface area contributed by atoms with Crippen molar-refractivity contribution in [1.82, 2.24) is 0 Å². The van der Waals surface area contributed by atoms with E-state index in [2.05, 4.69) is 68.4 Å². The fourth-order valence-corrected chi connectivity index (χ4v) is 4.44. The minimum Gasteiger partial charge on any atom is -0.105 e. The Morgan fingerprint density at radius 1 is 1.19 bits per heavy atom. The first kappa shape index (κ1) is 16.7. The predicted octanol–water partition coefficient (Wildman–Crippen LogP) is 5.35. The number of hydrogen-bond donors (Lipinski definition) is 0. The van der Waals surface area contributed by atoms with Gasteiger partial charge in [-0.2, -0.15) is 0 Å². The zero-order valence-electron chi connectivity index (χ0n) is 12.9. The monoisotopic (exact) mass is 316 g/mol. The average Bonchev–Trinajstić information content (AvgIpc) is 2.50. The normalized spacial score (nSPS) is 24.0. The Balaban J connectivity index is 2.05. The maximum atomic E-state index is 3.80. The van der Waals surface area contributed by atoms with Crippen molar-refractivity contribution in [3.8, 4) is 0 Å². The quantitative estimate of drug-likeness (QED) is 0.519. The second-order valence-electron chi connectivity index (χ2n) is 5.78. The fraction of sp³-hybridized carbons (Fsp3) is 0.368. The summed E-state index contributed by atoms with van der Waals surface area (Å²) < 4.78 is 0. The van der Waals surface area contributed by atoms with E-state index in [4.69, 9.17) is 0 Å². The Morgan fingerprint density at radius 2 is 1.86 bits per heavy atom. The van der Waals surface area contributed by atoms with Crippen LogP contribution in [-0.2, 0) is 0 Å². The molecule has 2 atom stereocenters. The van der Waals surface area contributed by atoms with Gasteiger partial charge in [0.05, 0.1) is 0 Å². The Morgan fingerprint density at radius 3 is 2.43 bits per heavy atom. The van der Waals surface area contributed by atoms with Gasteiger partial charge < -0.3 is 0 Å². The molecule has 1 aliphatic carbocycles. The summed E-state index contributed by atoms with van der Waals surface area (Å²) >= 11 is 0. The molecule has 0 N–H and O–H groups in total. The standard InChI is InChI=1S/C19H26P2/c1-3-7-18(20)16(4-2)14-10-12-15(13-11-14)17-8-5-6-9-19(17)21/h3-9,14-15H,1,10-13,20-21H2,2H3/b16-4-,18-7+. The summed E-state index contributed by atoms with van der Waals surface area (Å²) in [4.78, 5) is 0. The summed E-state index contributed by atoms with van der Waals surface area (Å²) in [7, 11) is 5.76. The molecule has 0 aromatic heterocycles. The van der Waals surface area contributed by atoms with Gasteiger partial charge in [-0.3, -0.25) is 0 Å². The zero-order valence-corrected chi connectivity index (χ0v) is 15.2. The average molecular weight is 316 g/mol. The van der Waals surface area contributed by atoms with Crippen LogP contribution in [0.5, 0.6) is 0 Å². The van der Waals surface area contributed by atoms with E-state index in [1.54, 1.807) is 0 Å². The number of benzene rings is 1. The molecule has 0 nitrogen and oxygen atoms in total. The lowest BCUT2D eigenvalue weighted by Crippen LogP contribution is -2.18. The summed E-state index contributed by atoms with van der Waals surface area (Å²) in [6.07, 6.45) is 11.4. The van der Waals surface area contributed by atoms with Gasteiger partial charge in [-0.25, -0.2) is 0 Å². The summed E-state index contributed by atoms with van der Waals surface area (Å²) in [5, 5.41) is 2.66. The highest BCUT2D eigenvalue weighted by Crippen LogP contribution is 2.41. The predicted molar refractivity (Wildman–Crippen MR) is 102 cm³/mol. The van der Waals surface area contributed by atoms with E-state index >= 15 is 0 Å². The van der Waals surface area contributed by atoms with Crippen molar-refractivity contribution in [3.05, 3.63) is 65.5 Å². The van der Waals surface area contributed by atoms with Gasteiger partial charge in [0.2, 0.25) is 0 Å². The van der Waals surface area contributed by atoms with Gasteiger partial charge >= 0.3 is 0 Å². The molecule has 0 radical (unpaired) electrons. The minimum atomic E-state index is 0.701. The third-order valence-corrected chi connectivity index (χ3v) is 5.60. The van der Waals surface area contributed by atoms with Crippen LogP contribution in [0.4, 0.5) is 0 Å². The molecule has 112 valence electrons. The molecule has 2 unspecified atom stereocenters. The molecule has 0 spiro atoms. The van der Waals surface area contributed by atoms with Crippen LogP contribution in [0.1, 0.15) is 44.1 Å². The number of hydrogen-bond acceptors (Lipinski definition) is 0. The van der Waals surface area contributed by atoms with E-state index < -0.39 is 0 Å². The Hall–Kier alpha value is -0.700. The van der Waals surface area contributed by atoms with Crippen LogP contribution in [-0.4, -0.2) is 0 Å². The molecular formula is C19H26P2. The van der Waals surface area contributed by atoms with Crippen molar-refractivity contribution in [2.45, 2.75) is 38.5 Å². The maximum Gasteiger partial charge on any atom is -0.0155 e. The largest absolute Gasteiger partial charge is 0.105 e. The van der Waals surface area contributed by atoms with Crippen molar-refractivity contribution in [1.29, 1.82) is 0 Å². The van der Waals surface area contributed by atoms with Crippen LogP contribution in [0.25, 0.3) is 0 Å². The fourth-order valence-electron chi connectivity index (χ4n) is 3.46. The highest BCUT2D eigenvalue weighted by Gasteiger charge is 2.25. The Kier molecular flexibility index (Phi) is 6.40. The van der Waals surface area contributed by atoms with Crippen LogP contribution >= 0.6 is 18.5 Å². The van der Waals surface area contributed by atoms with Gasteiger partial charge in [0.15, 0.2) is 0 Å². The molecule has 0 aliphatic heterocycles. The van der Waals surface area contributed by atoms with Crippen molar-refractivity contribution in [3.63, 3.8) is 0 Å². The number of allylic oxidation sites excluding steroid dienone is 5. The summed E-state index contributed by atoms with van der Waals surface area (Å²) in [6, 6.07) is 8.79. The molecule has 1 aliphatic rings. The SMILES string of the molecule is C=C/C=C(P)\C(=C/C)C1CCC(c2ccccc2P)CC1. The lowest BCUT2D eigenvalue weighted by molar-refractivity contribution is 0.367.